The summed E-state index contributed by atoms with van der Waals surface area (Å²) in [6.45, 7) is -0.0333. The zero-order valence-electron chi connectivity index (χ0n) is 22.2. The van der Waals surface area contributed by atoms with Crippen LogP contribution in [0.4, 0.5) is 13.2 Å². The van der Waals surface area contributed by atoms with E-state index in [0.29, 0.717) is 30.2 Å². The Kier molecular flexibility index (Phi) is 8.27. The van der Waals surface area contributed by atoms with Crippen LogP contribution in [-0.4, -0.2) is 55.3 Å². The first-order chi connectivity index (χ1) is 20.0. The number of nitrogens with one attached hydrogen (secondary N) is 1. The molecule has 14 heteroatoms. The maximum atomic E-state index is 14.0. The highest BCUT2D eigenvalue weighted by atomic mass is 32.2. The molecule has 0 saturated carbocycles. The number of methoxy groups -OCH3 is 1. The SMILES string of the molecule is COc1cccc(C2=CC=CC3O[C@@H](CCCOc4noc(=O)[nH]4)CN(S(=O)(=O)c4cccc(C(F)(F)F)c4)C3=C2)c1. The van der Waals surface area contributed by atoms with E-state index in [1.54, 1.807) is 42.5 Å². The van der Waals surface area contributed by atoms with E-state index in [0.717, 1.165) is 28.1 Å². The average Bonchev–Trinajstić information content (AvgIpc) is 3.27. The van der Waals surface area contributed by atoms with Crippen LogP contribution in [-0.2, 0) is 20.9 Å². The van der Waals surface area contributed by atoms with Gasteiger partial charge in [0, 0.05) is 0 Å². The highest BCUT2D eigenvalue weighted by Gasteiger charge is 2.39. The van der Waals surface area contributed by atoms with E-state index in [1.165, 1.54) is 7.11 Å². The number of rotatable bonds is 9. The number of hydrogen-bond acceptors (Lipinski definition) is 8. The first kappa shape index (κ1) is 29.2. The van der Waals surface area contributed by atoms with Crippen LogP contribution in [0.5, 0.6) is 11.8 Å². The van der Waals surface area contributed by atoms with Gasteiger partial charge in [0.05, 0.1) is 42.5 Å². The predicted molar refractivity (Wildman–Crippen MR) is 144 cm³/mol. The van der Waals surface area contributed by atoms with E-state index in [1.807, 2.05) is 6.07 Å². The van der Waals surface area contributed by atoms with Crippen LogP contribution >= 0.6 is 0 Å². The van der Waals surface area contributed by atoms with Gasteiger partial charge in [0.2, 0.25) is 0 Å². The fourth-order valence-corrected chi connectivity index (χ4v) is 6.19. The molecule has 10 nitrogen and oxygen atoms in total. The number of hydrogen-bond donors (Lipinski definition) is 1. The number of allylic oxidation sites excluding steroid dienone is 4. The molecule has 1 aliphatic heterocycles. The van der Waals surface area contributed by atoms with Gasteiger partial charge >= 0.3 is 17.9 Å². The molecular formula is C28H26F3N3O7S. The Morgan fingerprint density at radius 3 is 2.71 bits per heavy atom. The van der Waals surface area contributed by atoms with Crippen molar-refractivity contribution in [3.63, 3.8) is 0 Å². The minimum Gasteiger partial charge on any atom is -0.497 e. The normalized spacial score (nSPS) is 19.0. The van der Waals surface area contributed by atoms with Crippen molar-refractivity contribution in [3.05, 3.63) is 100 Å². The maximum absolute atomic E-state index is 14.0. The van der Waals surface area contributed by atoms with Crippen LogP contribution in [0.2, 0.25) is 0 Å². The van der Waals surface area contributed by atoms with Crippen LogP contribution in [0.3, 0.4) is 0 Å². The smallest absolute Gasteiger partial charge is 0.441 e. The molecule has 1 fully saturated rings. The van der Waals surface area contributed by atoms with E-state index in [9.17, 15) is 26.4 Å². The van der Waals surface area contributed by atoms with Crippen LogP contribution in [0.15, 0.2) is 92.7 Å². The molecule has 0 amide bonds. The fraction of sp³-hybridized carbons (Fsp3) is 0.286. The summed E-state index contributed by atoms with van der Waals surface area (Å²) in [6.07, 6.45) is 1.45. The quantitative estimate of drug-likeness (QED) is 0.353. The second kappa shape index (κ2) is 11.9. The first-order valence-corrected chi connectivity index (χ1v) is 14.3. The van der Waals surface area contributed by atoms with Gasteiger partial charge in [0.15, 0.2) is 0 Å². The third-order valence-corrected chi connectivity index (χ3v) is 8.43. The standard InChI is InChI=1S/C28H26F3N3O7S/c1-38-21-9-2-6-18(14-21)19-7-3-12-25-24(15-19)34(42(36,37)23-11-4-8-20(16-23)28(29,30)31)17-22(40-25)10-5-13-39-26-32-27(35)41-33-26/h2-4,6-9,11-12,14-16,22,25H,5,10,13,17H2,1H3,(H,32,33,35)/t22-,25?/m0/s1. The van der Waals surface area contributed by atoms with Gasteiger partial charge in [0.25, 0.3) is 10.0 Å². The number of sulfonamides is 1. The Labute approximate surface area is 238 Å². The van der Waals surface area contributed by atoms with Gasteiger partial charge in [-0.1, -0.05) is 30.4 Å². The molecule has 2 atom stereocenters. The number of fused-ring (bicyclic) bond motifs is 1. The molecule has 2 heterocycles. The van der Waals surface area contributed by atoms with Crippen molar-refractivity contribution in [3.8, 4) is 11.8 Å². The Balaban J connectivity index is 1.46. The molecule has 42 heavy (non-hydrogen) atoms. The summed E-state index contributed by atoms with van der Waals surface area (Å²) >= 11 is 0. The lowest BCUT2D eigenvalue weighted by molar-refractivity contribution is -0.137. The number of H-pyrrole nitrogens is 1. The van der Waals surface area contributed by atoms with Gasteiger partial charge in [-0.05, 0) is 71.6 Å². The van der Waals surface area contributed by atoms with Gasteiger partial charge in [0.1, 0.15) is 11.9 Å². The van der Waals surface area contributed by atoms with Gasteiger partial charge in [-0.15, -0.1) is 0 Å². The number of benzene rings is 2. The maximum Gasteiger partial charge on any atom is 0.441 e. The number of alkyl halides is 3. The number of aromatic nitrogens is 2. The van der Waals surface area contributed by atoms with Gasteiger partial charge < -0.3 is 14.2 Å². The minimum absolute atomic E-state index is 0.0913. The monoisotopic (exact) mass is 605 g/mol. The summed E-state index contributed by atoms with van der Waals surface area (Å²) in [6, 6.07) is 10.8. The Morgan fingerprint density at radius 2 is 1.98 bits per heavy atom. The molecule has 222 valence electrons. The number of morpholine rings is 1. The number of ether oxygens (including phenoxy) is 3. The van der Waals surface area contributed by atoms with Crippen LogP contribution < -0.4 is 15.2 Å². The molecular weight excluding hydrogens is 579 g/mol. The van der Waals surface area contributed by atoms with E-state index in [2.05, 4.69) is 14.7 Å². The molecule has 1 aliphatic carbocycles. The zero-order chi connectivity index (χ0) is 29.9. The summed E-state index contributed by atoms with van der Waals surface area (Å²) in [7, 11) is -2.92. The van der Waals surface area contributed by atoms with E-state index >= 15 is 0 Å². The number of nitrogens with zero attached hydrogens (tertiary/aromatic N) is 2. The molecule has 0 spiro atoms. The van der Waals surface area contributed by atoms with Crippen molar-refractivity contribution in [1.29, 1.82) is 0 Å². The van der Waals surface area contributed by atoms with Crippen molar-refractivity contribution in [2.75, 3.05) is 20.3 Å². The van der Waals surface area contributed by atoms with Crippen LogP contribution in [0.25, 0.3) is 5.57 Å². The zero-order valence-corrected chi connectivity index (χ0v) is 23.0. The van der Waals surface area contributed by atoms with Crippen LogP contribution in [0, 0.1) is 0 Å². The summed E-state index contributed by atoms with van der Waals surface area (Å²) in [4.78, 5) is 12.8. The van der Waals surface area contributed by atoms with Crippen molar-refractivity contribution in [2.24, 2.45) is 0 Å². The van der Waals surface area contributed by atoms with Crippen molar-refractivity contribution >= 4 is 15.6 Å². The van der Waals surface area contributed by atoms with Crippen molar-refractivity contribution in [2.45, 2.75) is 36.1 Å². The molecule has 1 saturated heterocycles. The van der Waals surface area contributed by atoms with Gasteiger partial charge in [-0.3, -0.25) is 8.83 Å². The lowest BCUT2D eigenvalue weighted by atomic mass is 10.0. The molecule has 1 unspecified atom stereocenters. The molecule has 2 aliphatic rings. The largest absolute Gasteiger partial charge is 0.497 e. The second-order valence-corrected chi connectivity index (χ2v) is 11.3. The van der Waals surface area contributed by atoms with Crippen molar-refractivity contribution in [1.82, 2.24) is 14.4 Å². The molecule has 1 N–H and O–H groups in total. The highest BCUT2D eigenvalue weighted by Crippen LogP contribution is 2.36. The second-order valence-electron chi connectivity index (χ2n) is 9.44. The van der Waals surface area contributed by atoms with E-state index in [-0.39, 0.29) is 24.9 Å². The third-order valence-electron chi connectivity index (χ3n) is 6.64. The lowest BCUT2D eigenvalue weighted by Gasteiger charge is -2.39. The third kappa shape index (κ3) is 6.44. The lowest BCUT2D eigenvalue weighted by Crippen LogP contribution is -2.47. The van der Waals surface area contributed by atoms with E-state index in [4.69, 9.17) is 14.2 Å². The molecule has 3 aromatic rings. The molecule has 0 bridgehead atoms. The predicted octanol–water partition coefficient (Wildman–Crippen LogP) is 4.54. The minimum atomic E-state index is -4.72. The molecule has 5 rings (SSSR count). The number of aromatic amines is 1. The summed E-state index contributed by atoms with van der Waals surface area (Å²) in [5, 5.41) is 3.42. The van der Waals surface area contributed by atoms with Gasteiger partial charge in [-0.25, -0.2) is 18.2 Å². The van der Waals surface area contributed by atoms with Gasteiger partial charge in [-0.2, -0.15) is 13.2 Å². The highest BCUT2D eigenvalue weighted by molar-refractivity contribution is 7.89. The van der Waals surface area contributed by atoms with Crippen LogP contribution in [0.1, 0.15) is 24.0 Å². The molecule has 2 aromatic carbocycles. The molecule has 0 radical (unpaired) electrons. The summed E-state index contributed by atoms with van der Waals surface area (Å²) < 4.78 is 90.7. The number of halogens is 3. The fourth-order valence-electron chi connectivity index (χ4n) is 4.61. The molecule has 1 aromatic heterocycles. The average molecular weight is 606 g/mol. The topological polar surface area (TPSA) is 124 Å². The first-order valence-electron chi connectivity index (χ1n) is 12.8. The van der Waals surface area contributed by atoms with E-state index < -0.39 is 44.6 Å². The Bertz CT molecular complexity index is 1690. The van der Waals surface area contributed by atoms with Crippen molar-refractivity contribution < 1.29 is 40.3 Å². The summed E-state index contributed by atoms with van der Waals surface area (Å²) in [5.74, 6) is -0.167. The summed E-state index contributed by atoms with van der Waals surface area (Å²) in [5.41, 5.74) is 0.584. The Hall–Kier alpha value is -4.30. The Morgan fingerprint density at radius 1 is 1.17 bits per heavy atom.